The molecule has 5 rings (SSSR count). The molecule has 3 saturated carbocycles. The number of carbonyl (C=O) groups is 6. The van der Waals surface area contributed by atoms with Gasteiger partial charge in [0.05, 0.1) is 12.5 Å². The van der Waals surface area contributed by atoms with Crippen LogP contribution < -0.4 is 10.6 Å². The number of carboxylic acid groups (broad SMARTS) is 1. The first-order valence-corrected chi connectivity index (χ1v) is 18.2. The van der Waals surface area contributed by atoms with Crippen LogP contribution in [-0.4, -0.2) is 81.0 Å². The summed E-state index contributed by atoms with van der Waals surface area (Å²) in [5.41, 5.74) is -1.20. The van der Waals surface area contributed by atoms with Crippen molar-refractivity contribution in [3.8, 4) is 0 Å². The van der Waals surface area contributed by atoms with Crippen molar-refractivity contribution >= 4 is 35.3 Å². The highest BCUT2D eigenvalue weighted by Gasteiger charge is 2.68. The van der Waals surface area contributed by atoms with E-state index in [1.165, 1.54) is 0 Å². The minimum atomic E-state index is -1.80. The molecule has 1 aromatic rings. The number of nitrogens with one attached hydrogen (secondary N) is 2. The average molecular weight is 709 g/mol. The van der Waals surface area contributed by atoms with Gasteiger partial charge in [-0.15, -0.1) is 0 Å². The highest BCUT2D eigenvalue weighted by molar-refractivity contribution is 5.93. The van der Waals surface area contributed by atoms with Crippen molar-refractivity contribution in [3.63, 3.8) is 0 Å². The third-order valence-electron chi connectivity index (χ3n) is 12.6. The maximum absolute atomic E-state index is 13.6. The smallest absolute Gasteiger partial charge is 0.326 e. The number of ether oxygens (including phenoxy) is 1. The Hall–Kier alpha value is -3.90. The number of ketones is 2. The predicted octanol–water partition coefficient (Wildman–Crippen LogP) is 3.07. The Balaban J connectivity index is 1.13. The second kappa shape index (κ2) is 15.0. The van der Waals surface area contributed by atoms with Gasteiger partial charge in [0, 0.05) is 24.7 Å². The quantitative estimate of drug-likeness (QED) is 0.190. The molecule has 278 valence electrons. The molecule has 9 atom stereocenters. The lowest BCUT2D eigenvalue weighted by Crippen LogP contribution is -2.62. The van der Waals surface area contributed by atoms with E-state index in [4.69, 9.17) is 4.74 Å². The number of benzene rings is 1. The number of fused-ring (bicyclic) bond motifs is 5. The van der Waals surface area contributed by atoms with Crippen LogP contribution in [0.3, 0.4) is 0 Å². The molecule has 0 aromatic heterocycles. The molecule has 4 aliphatic carbocycles. The zero-order valence-corrected chi connectivity index (χ0v) is 30.0. The molecule has 51 heavy (non-hydrogen) atoms. The van der Waals surface area contributed by atoms with Crippen LogP contribution in [0, 0.1) is 34.5 Å². The lowest BCUT2D eigenvalue weighted by Gasteiger charge is -2.60. The van der Waals surface area contributed by atoms with Gasteiger partial charge in [-0.05, 0) is 79.3 Å². The van der Waals surface area contributed by atoms with Gasteiger partial charge in [0.25, 0.3) is 0 Å². The van der Waals surface area contributed by atoms with E-state index in [1.54, 1.807) is 50.3 Å². The monoisotopic (exact) mass is 708 g/mol. The zero-order chi connectivity index (χ0) is 37.3. The van der Waals surface area contributed by atoms with Crippen LogP contribution in [0.15, 0.2) is 42.0 Å². The molecule has 12 heteroatoms. The van der Waals surface area contributed by atoms with Crippen LogP contribution >= 0.6 is 0 Å². The van der Waals surface area contributed by atoms with E-state index in [-0.39, 0.29) is 61.1 Å². The molecule has 0 bridgehead atoms. The number of hydrogen-bond acceptors (Lipinski definition) is 9. The average Bonchev–Trinajstić information content (AvgIpc) is 3.35. The van der Waals surface area contributed by atoms with Gasteiger partial charge < -0.3 is 30.7 Å². The van der Waals surface area contributed by atoms with E-state index in [0.717, 1.165) is 24.0 Å². The Morgan fingerprint density at radius 1 is 0.980 bits per heavy atom. The first-order valence-electron chi connectivity index (χ1n) is 18.2. The van der Waals surface area contributed by atoms with Gasteiger partial charge in [0.2, 0.25) is 17.6 Å². The van der Waals surface area contributed by atoms with Gasteiger partial charge in [-0.25, -0.2) is 4.79 Å². The largest absolute Gasteiger partial charge is 0.480 e. The fraction of sp³-hybridized carbons (Fsp3) is 0.641. The fourth-order valence-electron chi connectivity index (χ4n) is 9.80. The van der Waals surface area contributed by atoms with Gasteiger partial charge in [-0.1, -0.05) is 63.6 Å². The fourth-order valence-corrected chi connectivity index (χ4v) is 9.80. The first kappa shape index (κ1) is 38.3. The number of aliphatic carboxylic acids is 1. The van der Waals surface area contributed by atoms with Crippen molar-refractivity contribution in [3.05, 3.63) is 47.5 Å². The Labute approximate surface area is 298 Å². The summed E-state index contributed by atoms with van der Waals surface area (Å²) in [6, 6.07) is 6.57. The summed E-state index contributed by atoms with van der Waals surface area (Å²) in [6.07, 6.45) is 3.98. The number of carbonyl (C=O) groups excluding carboxylic acids is 5. The van der Waals surface area contributed by atoms with Gasteiger partial charge in [0.1, 0.15) is 17.7 Å². The predicted molar refractivity (Wildman–Crippen MR) is 185 cm³/mol. The standard InChI is InChI=1S/C39H52N2O10/c1-22(2)34(35(47)40-28(36(48)49)18-23-8-6-5-7-9-23)41-31(45)12-13-32(46)51-21-30(44)39(50)17-15-27-26-11-10-24-19-25(42)14-16-37(24,3)33(26)29(43)20-38(27,39)4/h5-9,19,22,26-29,33-34,43,50H,10-18,20-21H2,1-4H3,(H,40,47)(H,41,45)(H,48,49)/t26-,27-,28+,29+,33+,34+,37-,38-,39-/m0/s1. The number of Topliss-reactive ketones (excluding diaryl/α,β-unsaturated/α-hetero) is 1. The molecule has 0 unspecified atom stereocenters. The Morgan fingerprint density at radius 2 is 1.69 bits per heavy atom. The third-order valence-corrected chi connectivity index (χ3v) is 12.6. The highest BCUT2D eigenvalue weighted by atomic mass is 16.5. The number of aliphatic hydroxyl groups is 2. The number of amides is 2. The van der Waals surface area contributed by atoms with Crippen LogP contribution in [0.25, 0.3) is 0 Å². The molecule has 1 aromatic carbocycles. The second-order valence-electron chi connectivity index (χ2n) is 15.9. The van der Waals surface area contributed by atoms with E-state index >= 15 is 0 Å². The Morgan fingerprint density at radius 3 is 2.35 bits per heavy atom. The number of carboxylic acids is 1. The number of hydrogen-bond donors (Lipinski definition) is 5. The van der Waals surface area contributed by atoms with Gasteiger partial charge in [-0.3, -0.25) is 24.0 Å². The lowest BCUT2D eigenvalue weighted by molar-refractivity contribution is -0.184. The first-order chi connectivity index (χ1) is 24.0. The van der Waals surface area contributed by atoms with Gasteiger partial charge >= 0.3 is 11.9 Å². The zero-order valence-electron chi connectivity index (χ0n) is 30.0. The van der Waals surface area contributed by atoms with Crippen molar-refractivity contribution in [2.24, 2.45) is 34.5 Å². The second-order valence-corrected chi connectivity index (χ2v) is 15.9. The number of rotatable bonds is 13. The van der Waals surface area contributed by atoms with E-state index < -0.39 is 71.3 Å². The molecular formula is C39H52N2O10. The molecule has 0 saturated heterocycles. The molecular weight excluding hydrogens is 656 g/mol. The van der Waals surface area contributed by atoms with Gasteiger partial charge in [0.15, 0.2) is 12.4 Å². The van der Waals surface area contributed by atoms with Crippen molar-refractivity contribution in [2.75, 3.05) is 6.61 Å². The number of aliphatic hydroxyl groups excluding tert-OH is 1. The SMILES string of the molecule is CC(C)[C@@H](NC(=O)CCC(=O)OCC(=O)[C@@]1(O)CC[C@H]2[C@@H]3CCC4=CC(=O)CC[C@]4(C)[C@H]3[C@H](O)C[C@@]21C)C(=O)N[C@H](Cc1ccccc1)C(=O)O. The van der Waals surface area contributed by atoms with Crippen LogP contribution in [0.1, 0.15) is 91.0 Å². The summed E-state index contributed by atoms with van der Waals surface area (Å²) in [7, 11) is 0. The van der Waals surface area contributed by atoms with Crippen molar-refractivity contribution in [2.45, 2.75) is 116 Å². The molecule has 2 amide bonds. The summed E-state index contributed by atoms with van der Waals surface area (Å²) in [4.78, 5) is 76.1. The van der Waals surface area contributed by atoms with Crippen LogP contribution in [0.2, 0.25) is 0 Å². The summed E-state index contributed by atoms with van der Waals surface area (Å²) in [5.74, 6) is -4.25. The molecule has 0 spiro atoms. The Bertz CT molecular complexity index is 1570. The summed E-state index contributed by atoms with van der Waals surface area (Å²) < 4.78 is 5.25. The molecule has 0 radical (unpaired) electrons. The summed E-state index contributed by atoms with van der Waals surface area (Å²) >= 11 is 0. The lowest BCUT2D eigenvalue weighted by atomic mass is 9.45. The highest BCUT2D eigenvalue weighted by Crippen LogP contribution is 2.67. The minimum Gasteiger partial charge on any atom is -0.480 e. The topological polar surface area (TPSA) is 196 Å². The normalized spacial score (nSPS) is 32.4. The number of allylic oxidation sites excluding steroid dienone is 1. The maximum Gasteiger partial charge on any atom is 0.326 e. The van der Waals surface area contributed by atoms with Crippen LogP contribution in [0.4, 0.5) is 0 Å². The molecule has 0 heterocycles. The Kier molecular flexibility index (Phi) is 11.3. The summed E-state index contributed by atoms with van der Waals surface area (Å²) in [6.45, 7) is 6.71. The molecule has 12 nitrogen and oxygen atoms in total. The third kappa shape index (κ3) is 7.53. The van der Waals surface area contributed by atoms with Crippen molar-refractivity contribution in [1.82, 2.24) is 10.6 Å². The molecule has 3 fully saturated rings. The minimum absolute atomic E-state index is 0.0227. The number of esters is 1. The van der Waals surface area contributed by atoms with E-state index in [1.807, 2.05) is 6.92 Å². The van der Waals surface area contributed by atoms with Crippen LogP contribution in [-0.2, 0) is 39.9 Å². The van der Waals surface area contributed by atoms with E-state index in [9.17, 15) is 44.1 Å². The summed E-state index contributed by atoms with van der Waals surface area (Å²) in [5, 5.41) is 38.3. The molecule has 5 N–H and O–H groups in total. The van der Waals surface area contributed by atoms with Crippen LogP contribution in [0.5, 0.6) is 0 Å². The maximum atomic E-state index is 13.6. The van der Waals surface area contributed by atoms with E-state index in [0.29, 0.717) is 19.3 Å². The van der Waals surface area contributed by atoms with Crippen molar-refractivity contribution in [1.29, 1.82) is 0 Å². The molecule has 0 aliphatic heterocycles. The van der Waals surface area contributed by atoms with Crippen molar-refractivity contribution < 1.29 is 48.8 Å². The van der Waals surface area contributed by atoms with Gasteiger partial charge in [-0.2, -0.15) is 0 Å². The van der Waals surface area contributed by atoms with E-state index in [2.05, 4.69) is 17.6 Å². The molecule has 4 aliphatic rings.